The smallest absolute Gasteiger partial charge is 0.239 e. The summed E-state index contributed by atoms with van der Waals surface area (Å²) in [4.78, 5) is 36.7. The van der Waals surface area contributed by atoms with Gasteiger partial charge in [-0.1, -0.05) is 30.0 Å². The first-order chi connectivity index (χ1) is 11.5. The first kappa shape index (κ1) is 18.7. The Hall–Kier alpha value is -1.68. The maximum absolute atomic E-state index is 12.0. The molecule has 0 saturated heterocycles. The highest BCUT2D eigenvalue weighted by Crippen LogP contribution is 2.36. The summed E-state index contributed by atoms with van der Waals surface area (Å²) in [5, 5.41) is 13.9. The van der Waals surface area contributed by atoms with Crippen LogP contribution in [0.15, 0.2) is 4.34 Å². The van der Waals surface area contributed by atoms with E-state index < -0.39 is 0 Å². The van der Waals surface area contributed by atoms with Crippen LogP contribution in [0.5, 0.6) is 0 Å². The number of aromatic nitrogens is 2. The van der Waals surface area contributed by atoms with Gasteiger partial charge in [-0.2, -0.15) is 0 Å². The van der Waals surface area contributed by atoms with Gasteiger partial charge in [-0.15, -0.1) is 10.2 Å². The van der Waals surface area contributed by atoms with E-state index in [0.717, 1.165) is 12.8 Å². The summed E-state index contributed by atoms with van der Waals surface area (Å²) in [6.07, 6.45) is 2.42. The third-order valence-corrected chi connectivity index (χ3v) is 5.29. The van der Waals surface area contributed by atoms with Gasteiger partial charge in [0.2, 0.25) is 22.9 Å². The predicted octanol–water partition coefficient (Wildman–Crippen LogP) is 0.788. The van der Waals surface area contributed by atoms with Gasteiger partial charge in [-0.3, -0.25) is 19.3 Å². The highest BCUT2D eigenvalue weighted by atomic mass is 32.2. The minimum absolute atomic E-state index is 0.0327. The van der Waals surface area contributed by atoms with Crippen LogP contribution in [0.25, 0.3) is 0 Å². The van der Waals surface area contributed by atoms with Crippen LogP contribution in [0.3, 0.4) is 0 Å². The number of hydrogen-bond donors (Lipinski definition) is 2. The summed E-state index contributed by atoms with van der Waals surface area (Å²) in [5.41, 5.74) is 0. The number of rotatable bonds is 9. The van der Waals surface area contributed by atoms with Crippen molar-refractivity contribution >= 4 is 46.0 Å². The topological polar surface area (TPSA) is 104 Å². The van der Waals surface area contributed by atoms with E-state index in [9.17, 15) is 14.4 Å². The number of carbonyl (C=O) groups excluding carboxylic acids is 3. The summed E-state index contributed by atoms with van der Waals surface area (Å²) >= 11 is 2.56. The molecule has 0 bridgehead atoms. The molecule has 1 aromatic rings. The molecule has 0 atom stereocenters. The molecule has 0 aromatic carbocycles. The predicted molar refractivity (Wildman–Crippen MR) is 93.1 cm³/mol. The molecule has 1 heterocycles. The lowest BCUT2D eigenvalue weighted by atomic mass is 10.4. The van der Waals surface area contributed by atoms with E-state index >= 15 is 0 Å². The molecular weight excluding hydrogens is 350 g/mol. The van der Waals surface area contributed by atoms with Crippen LogP contribution in [-0.2, 0) is 14.4 Å². The zero-order chi connectivity index (χ0) is 17.5. The number of thioether (sulfide) groups is 1. The Bertz CT molecular complexity index is 603. The van der Waals surface area contributed by atoms with Crippen molar-refractivity contribution in [2.75, 3.05) is 23.7 Å². The molecule has 0 radical (unpaired) electrons. The first-order valence-corrected chi connectivity index (χ1v) is 9.67. The van der Waals surface area contributed by atoms with Crippen molar-refractivity contribution in [1.29, 1.82) is 0 Å². The van der Waals surface area contributed by atoms with Crippen molar-refractivity contribution < 1.29 is 14.4 Å². The van der Waals surface area contributed by atoms with Gasteiger partial charge in [-0.25, -0.2) is 0 Å². The third-order valence-electron chi connectivity index (χ3n) is 3.23. The first-order valence-electron chi connectivity index (χ1n) is 7.86. The second-order valence-electron chi connectivity index (χ2n) is 5.22. The lowest BCUT2D eigenvalue weighted by Gasteiger charge is -2.17. The molecule has 8 nitrogen and oxygen atoms in total. The number of hydrogen-bond acceptors (Lipinski definition) is 7. The molecule has 1 aliphatic rings. The van der Waals surface area contributed by atoms with Crippen LogP contribution >= 0.6 is 23.1 Å². The molecule has 2 N–H and O–H groups in total. The Morgan fingerprint density at radius 3 is 2.58 bits per heavy atom. The van der Waals surface area contributed by atoms with Crippen molar-refractivity contribution in [2.45, 2.75) is 43.5 Å². The Balaban J connectivity index is 1.82. The van der Waals surface area contributed by atoms with Crippen molar-refractivity contribution in [3.8, 4) is 0 Å². The number of amides is 3. The molecule has 24 heavy (non-hydrogen) atoms. The largest absolute Gasteiger partial charge is 0.355 e. The number of likely N-dealkylation sites (N-methyl/N-ethyl adjacent to an activating group) is 1. The lowest BCUT2D eigenvalue weighted by molar-refractivity contribution is -0.124. The van der Waals surface area contributed by atoms with E-state index in [1.165, 1.54) is 23.1 Å². The quantitative estimate of drug-likeness (QED) is 0.491. The average Bonchev–Trinajstić information content (AvgIpc) is 3.29. The van der Waals surface area contributed by atoms with Crippen molar-refractivity contribution in [2.24, 2.45) is 0 Å². The van der Waals surface area contributed by atoms with Crippen molar-refractivity contribution in [1.82, 2.24) is 20.8 Å². The molecule has 10 heteroatoms. The lowest BCUT2D eigenvalue weighted by Crippen LogP contribution is -2.37. The summed E-state index contributed by atoms with van der Waals surface area (Å²) in [5.74, 6) is -0.261. The molecule has 1 fully saturated rings. The highest BCUT2D eigenvalue weighted by molar-refractivity contribution is 8.01. The Morgan fingerprint density at radius 1 is 1.21 bits per heavy atom. The van der Waals surface area contributed by atoms with Gasteiger partial charge in [0.15, 0.2) is 4.34 Å². The van der Waals surface area contributed by atoms with E-state index in [-0.39, 0.29) is 36.1 Å². The maximum Gasteiger partial charge on any atom is 0.239 e. The van der Waals surface area contributed by atoms with E-state index in [0.29, 0.717) is 22.4 Å². The van der Waals surface area contributed by atoms with Gasteiger partial charge in [-0.05, 0) is 19.8 Å². The van der Waals surface area contributed by atoms with E-state index in [1.807, 2.05) is 13.8 Å². The second-order valence-corrected chi connectivity index (χ2v) is 7.40. The summed E-state index contributed by atoms with van der Waals surface area (Å²) in [6, 6.07) is 0.239. The summed E-state index contributed by atoms with van der Waals surface area (Å²) in [7, 11) is 0. The summed E-state index contributed by atoms with van der Waals surface area (Å²) < 4.78 is 0.632. The van der Waals surface area contributed by atoms with Crippen LogP contribution in [0.4, 0.5) is 5.13 Å². The van der Waals surface area contributed by atoms with Crippen LogP contribution in [0.1, 0.15) is 33.1 Å². The Morgan fingerprint density at radius 2 is 1.96 bits per heavy atom. The monoisotopic (exact) mass is 371 g/mol. The number of anilines is 1. The van der Waals surface area contributed by atoms with E-state index in [1.54, 1.807) is 4.90 Å². The zero-order valence-electron chi connectivity index (χ0n) is 13.7. The molecule has 0 unspecified atom stereocenters. The van der Waals surface area contributed by atoms with Gasteiger partial charge in [0, 0.05) is 19.0 Å². The van der Waals surface area contributed by atoms with Gasteiger partial charge in [0.1, 0.15) is 0 Å². The molecule has 132 valence electrons. The van der Waals surface area contributed by atoms with Gasteiger partial charge >= 0.3 is 0 Å². The van der Waals surface area contributed by atoms with Crippen LogP contribution in [0.2, 0.25) is 0 Å². The molecular formula is C14H21N5O3S2. The molecule has 1 aromatic heterocycles. The zero-order valence-corrected chi connectivity index (χ0v) is 15.3. The summed E-state index contributed by atoms with van der Waals surface area (Å²) in [6.45, 7) is 4.14. The molecule has 1 saturated carbocycles. The highest BCUT2D eigenvalue weighted by Gasteiger charge is 2.35. The van der Waals surface area contributed by atoms with Crippen LogP contribution < -0.4 is 15.5 Å². The van der Waals surface area contributed by atoms with Crippen molar-refractivity contribution in [3.05, 3.63) is 0 Å². The van der Waals surface area contributed by atoms with Crippen molar-refractivity contribution in [3.63, 3.8) is 0 Å². The SMILES string of the molecule is CCNC(=O)CNC(=O)CSc1nnc(N(C(=O)CC)C2CC2)s1. The Kier molecular flexibility index (Phi) is 6.98. The standard InChI is InChI=1S/C14H21N5O3S2/c1-3-12(22)19(9-5-6-9)13-17-18-14(24-13)23-8-11(21)16-7-10(20)15-4-2/h9H,3-8H2,1-2H3,(H,15,20)(H,16,21). The average molecular weight is 371 g/mol. The fourth-order valence-electron chi connectivity index (χ4n) is 1.94. The normalized spacial score (nSPS) is 13.4. The fraction of sp³-hybridized carbons (Fsp3) is 0.643. The van der Waals surface area contributed by atoms with Crippen LogP contribution in [0, 0.1) is 0 Å². The molecule has 2 rings (SSSR count). The molecule has 0 aliphatic heterocycles. The van der Waals surface area contributed by atoms with E-state index in [2.05, 4.69) is 20.8 Å². The molecule has 3 amide bonds. The number of carbonyl (C=O) groups is 3. The van der Waals surface area contributed by atoms with Crippen LogP contribution in [-0.4, -0.2) is 52.8 Å². The van der Waals surface area contributed by atoms with Gasteiger partial charge in [0.25, 0.3) is 0 Å². The fourth-order valence-corrected chi connectivity index (χ4v) is 3.70. The second kappa shape index (κ2) is 8.97. The minimum atomic E-state index is -0.244. The number of nitrogens with zero attached hydrogens (tertiary/aromatic N) is 3. The number of nitrogens with one attached hydrogen (secondary N) is 2. The molecule has 1 aliphatic carbocycles. The van der Waals surface area contributed by atoms with Gasteiger partial charge < -0.3 is 10.6 Å². The minimum Gasteiger partial charge on any atom is -0.355 e. The van der Waals surface area contributed by atoms with E-state index in [4.69, 9.17) is 0 Å². The Labute approximate surface area is 148 Å². The maximum atomic E-state index is 12.0. The third kappa shape index (κ3) is 5.45. The molecule has 0 spiro atoms. The van der Waals surface area contributed by atoms with Gasteiger partial charge in [0.05, 0.1) is 12.3 Å².